The predicted octanol–water partition coefficient (Wildman–Crippen LogP) is 0.728. The van der Waals surface area contributed by atoms with E-state index in [0.717, 1.165) is 17.6 Å². The molecule has 1 saturated heterocycles. The zero-order valence-corrected chi connectivity index (χ0v) is 8.18. The van der Waals surface area contributed by atoms with Crippen molar-refractivity contribution in [2.45, 2.75) is 19.3 Å². The van der Waals surface area contributed by atoms with Crippen LogP contribution in [0.2, 0.25) is 0 Å². The summed E-state index contributed by atoms with van der Waals surface area (Å²) in [6, 6.07) is 0. The van der Waals surface area contributed by atoms with E-state index >= 15 is 0 Å². The first-order valence-corrected chi connectivity index (χ1v) is 5.23. The molecule has 1 N–H and O–H groups in total. The Labute approximate surface area is 75.6 Å². The molecule has 1 fully saturated rings. The first-order chi connectivity index (χ1) is 5.62. The molecule has 1 aliphatic rings. The Bertz CT molecular complexity index is 168. The maximum atomic E-state index is 10.3. The second-order valence-electron chi connectivity index (χ2n) is 3.59. The standard InChI is InChI=1S/C7H15NO3S/c1-8(7-11-12(9)10)5-3-2-4-6-8/h2-7H2,1H3/p+1. The van der Waals surface area contributed by atoms with Crippen molar-refractivity contribution >= 4 is 11.4 Å². The first-order valence-electron chi connectivity index (χ1n) is 4.20. The van der Waals surface area contributed by atoms with Gasteiger partial charge in [-0.15, -0.1) is 0 Å². The van der Waals surface area contributed by atoms with Crippen molar-refractivity contribution in [3.63, 3.8) is 0 Å². The molecule has 0 aromatic carbocycles. The lowest BCUT2D eigenvalue weighted by molar-refractivity contribution is -0.928. The van der Waals surface area contributed by atoms with Crippen LogP contribution in [0.1, 0.15) is 19.3 Å². The van der Waals surface area contributed by atoms with Crippen LogP contribution in [0, 0.1) is 0 Å². The van der Waals surface area contributed by atoms with Gasteiger partial charge in [0.1, 0.15) is 0 Å². The van der Waals surface area contributed by atoms with Gasteiger partial charge in [0.15, 0.2) is 0 Å². The molecular formula is C7H16NO3S+. The van der Waals surface area contributed by atoms with Crippen molar-refractivity contribution in [1.29, 1.82) is 0 Å². The Balaban J connectivity index is 2.31. The minimum Gasteiger partial charge on any atom is -0.302 e. The van der Waals surface area contributed by atoms with E-state index in [9.17, 15) is 4.21 Å². The van der Waals surface area contributed by atoms with Gasteiger partial charge in [0, 0.05) is 0 Å². The number of quaternary nitrogens is 1. The fourth-order valence-corrected chi connectivity index (χ4v) is 1.92. The summed E-state index contributed by atoms with van der Waals surface area (Å²) in [5.74, 6) is 0. The Hall–Kier alpha value is 0.0300. The van der Waals surface area contributed by atoms with Gasteiger partial charge in [-0.3, -0.25) is 4.55 Å². The highest BCUT2D eigenvalue weighted by atomic mass is 32.2. The van der Waals surface area contributed by atoms with Crippen LogP contribution < -0.4 is 0 Å². The van der Waals surface area contributed by atoms with Crippen molar-refractivity contribution in [2.24, 2.45) is 0 Å². The average molecular weight is 194 g/mol. The van der Waals surface area contributed by atoms with Gasteiger partial charge in [0.05, 0.1) is 20.1 Å². The van der Waals surface area contributed by atoms with E-state index in [1.807, 2.05) is 0 Å². The lowest BCUT2D eigenvalue weighted by atomic mass is 10.1. The summed E-state index contributed by atoms with van der Waals surface area (Å²) in [5, 5.41) is 0. The molecule has 1 unspecified atom stereocenters. The summed E-state index contributed by atoms with van der Waals surface area (Å²) in [6.07, 6.45) is 3.66. The van der Waals surface area contributed by atoms with E-state index in [1.165, 1.54) is 19.3 Å². The monoisotopic (exact) mass is 194 g/mol. The molecule has 0 aromatic rings. The molecule has 5 heteroatoms. The van der Waals surface area contributed by atoms with Crippen molar-refractivity contribution in [3.05, 3.63) is 0 Å². The number of likely N-dealkylation sites (tertiary alicyclic amines) is 1. The molecule has 0 amide bonds. The quantitative estimate of drug-likeness (QED) is 0.532. The van der Waals surface area contributed by atoms with Crippen molar-refractivity contribution < 1.29 is 17.4 Å². The van der Waals surface area contributed by atoms with Crippen LogP contribution >= 0.6 is 0 Å². The highest BCUT2D eigenvalue weighted by Crippen LogP contribution is 2.15. The van der Waals surface area contributed by atoms with Crippen LogP contribution in [-0.2, 0) is 15.5 Å². The molecule has 0 spiro atoms. The summed E-state index contributed by atoms with van der Waals surface area (Å²) in [6.45, 7) is 2.46. The molecule has 1 atom stereocenters. The lowest BCUT2D eigenvalue weighted by Gasteiger charge is -2.36. The fraction of sp³-hybridized carbons (Fsp3) is 1.00. The largest absolute Gasteiger partial charge is 0.306 e. The van der Waals surface area contributed by atoms with Crippen LogP contribution in [0.5, 0.6) is 0 Å². The zero-order valence-electron chi connectivity index (χ0n) is 7.36. The van der Waals surface area contributed by atoms with Gasteiger partial charge in [-0.1, -0.05) is 0 Å². The van der Waals surface area contributed by atoms with Crippen LogP contribution in [-0.4, -0.2) is 40.1 Å². The fourth-order valence-electron chi connectivity index (χ4n) is 1.58. The summed E-state index contributed by atoms with van der Waals surface area (Å²) < 4.78 is 24.2. The van der Waals surface area contributed by atoms with E-state index in [-0.39, 0.29) is 0 Å². The minimum atomic E-state index is -2.11. The van der Waals surface area contributed by atoms with Crippen molar-refractivity contribution in [2.75, 3.05) is 26.9 Å². The third-order valence-corrected chi connectivity index (χ3v) is 2.67. The van der Waals surface area contributed by atoms with Gasteiger partial charge in [0.2, 0.25) is 6.73 Å². The minimum absolute atomic E-state index is 0.350. The van der Waals surface area contributed by atoms with Gasteiger partial charge >= 0.3 is 11.4 Å². The maximum absolute atomic E-state index is 10.3. The van der Waals surface area contributed by atoms with Gasteiger partial charge in [0.25, 0.3) is 0 Å². The average Bonchev–Trinajstić information content (AvgIpc) is 2.03. The summed E-state index contributed by atoms with van der Waals surface area (Å²) >= 11 is -2.11. The maximum Gasteiger partial charge on any atom is 0.306 e. The second-order valence-corrected chi connectivity index (χ2v) is 4.26. The highest BCUT2D eigenvalue weighted by molar-refractivity contribution is 7.74. The third kappa shape index (κ3) is 3.18. The van der Waals surface area contributed by atoms with Crippen LogP contribution in [0.15, 0.2) is 0 Å². The van der Waals surface area contributed by atoms with Crippen LogP contribution in [0.3, 0.4) is 0 Å². The molecule has 12 heavy (non-hydrogen) atoms. The Morgan fingerprint density at radius 2 is 2.00 bits per heavy atom. The Morgan fingerprint density at radius 1 is 1.42 bits per heavy atom. The summed E-state index contributed by atoms with van der Waals surface area (Å²) in [5.41, 5.74) is 0. The number of hydrogen-bond donors (Lipinski definition) is 1. The van der Waals surface area contributed by atoms with Gasteiger partial charge in [-0.2, -0.15) is 4.21 Å². The summed E-state index contributed by atoms with van der Waals surface area (Å²) in [4.78, 5) is 0. The SMILES string of the molecule is C[N+]1(COS(=O)O)CCCCC1. The molecule has 72 valence electrons. The third-order valence-electron chi connectivity index (χ3n) is 2.36. The zero-order chi connectivity index (χ0) is 9.03. The molecule has 0 aliphatic carbocycles. The Kier molecular flexibility index (Phi) is 3.64. The molecule has 1 heterocycles. The molecule has 1 rings (SSSR count). The first kappa shape index (κ1) is 10.1. The van der Waals surface area contributed by atoms with Crippen LogP contribution in [0.25, 0.3) is 0 Å². The normalized spacial score (nSPS) is 25.2. The van der Waals surface area contributed by atoms with Crippen molar-refractivity contribution in [3.8, 4) is 0 Å². The van der Waals surface area contributed by atoms with Crippen molar-refractivity contribution in [1.82, 2.24) is 0 Å². The van der Waals surface area contributed by atoms with Crippen LogP contribution in [0.4, 0.5) is 0 Å². The number of piperidine rings is 1. The molecule has 0 saturated carbocycles. The van der Waals surface area contributed by atoms with Gasteiger partial charge in [-0.25, -0.2) is 4.18 Å². The van der Waals surface area contributed by atoms with E-state index in [0.29, 0.717) is 6.73 Å². The molecule has 4 nitrogen and oxygen atoms in total. The van der Waals surface area contributed by atoms with E-state index in [4.69, 9.17) is 4.55 Å². The lowest BCUT2D eigenvalue weighted by Crippen LogP contribution is -2.49. The van der Waals surface area contributed by atoms with E-state index in [1.54, 1.807) is 0 Å². The van der Waals surface area contributed by atoms with Gasteiger partial charge in [-0.05, 0) is 19.3 Å². The number of rotatable bonds is 3. The highest BCUT2D eigenvalue weighted by Gasteiger charge is 2.25. The van der Waals surface area contributed by atoms with Gasteiger partial charge < -0.3 is 4.48 Å². The second kappa shape index (κ2) is 4.32. The molecule has 0 bridgehead atoms. The van der Waals surface area contributed by atoms with E-state index < -0.39 is 11.4 Å². The molecule has 1 aliphatic heterocycles. The predicted molar refractivity (Wildman–Crippen MR) is 46.5 cm³/mol. The smallest absolute Gasteiger partial charge is 0.302 e. The topological polar surface area (TPSA) is 46.5 Å². The molecule has 0 radical (unpaired) electrons. The van der Waals surface area contributed by atoms with E-state index in [2.05, 4.69) is 11.2 Å². The number of nitrogens with zero attached hydrogens (tertiary/aromatic N) is 1. The number of hydrogen-bond acceptors (Lipinski definition) is 2. The summed E-state index contributed by atoms with van der Waals surface area (Å²) in [7, 11) is 2.06. The Morgan fingerprint density at radius 3 is 2.50 bits per heavy atom. The molecular weight excluding hydrogens is 178 g/mol. The molecule has 0 aromatic heterocycles.